The molecule has 0 aliphatic carbocycles. The second-order valence-corrected chi connectivity index (χ2v) is 4.30. The first-order valence-corrected chi connectivity index (χ1v) is 6.32. The smallest absolute Gasteiger partial charge is 0.293 e. The Morgan fingerprint density at radius 1 is 1.42 bits per heavy atom. The van der Waals surface area contributed by atoms with Gasteiger partial charge in [-0.15, -0.1) is 0 Å². The minimum atomic E-state index is -0.488. The standard InChI is InChI=1S/C13H19N3O3/c1-4-9(3)15-13(17)10-6-7-11(14-5-2)12(8-10)16(18)19/h6-9,14H,4-5H2,1-3H3,(H,15,17)/t9-/m0/s1. The summed E-state index contributed by atoms with van der Waals surface area (Å²) in [5, 5.41) is 16.7. The molecule has 0 saturated carbocycles. The Hall–Kier alpha value is -2.11. The molecule has 1 rings (SSSR count). The number of anilines is 1. The quantitative estimate of drug-likeness (QED) is 0.611. The third kappa shape index (κ3) is 3.94. The lowest BCUT2D eigenvalue weighted by Gasteiger charge is -2.12. The van der Waals surface area contributed by atoms with Crippen LogP contribution in [0, 0.1) is 10.1 Å². The molecule has 19 heavy (non-hydrogen) atoms. The molecule has 2 N–H and O–H groups in total. The lowest BCUT2D eigenvalue weighted by atomic mass is 10.1. The van der Waals surface area contributed by atoms with Crippen LogP contribution in [-0.4, -0.2) is 23.4 Å². The van der Waals surface area contributed by atoms with Crippen LogP contribution in [0.5, 0.6) is 0 Å². The second kappa shape index (κ2) is 6.72. The summed E-state index contributed by atoms with van der Waals surface area (Å²) < 4.78 is 0. The molecule has 0 unspecified atom stereocenters. The van der Waals surface area contributed by atoms with Crippen molar-refractivity contribution < 1.29 is 9.72 Å². The van der Waals surface area contributed by atoms with Gasteiger partial charge >= 0.3 is 0 Å². The monoisotopic (exact) mass is 265 g/mol. The van der Waals surface area contributed by atoms with Crippen molar-refractivity contribution >= 4 is 17.3 Å². The van der Waals surface area contributed by atoms with Gasteiger partial charge < -0.3 is 10.6 Å². The highest BCUT2D eigenvalue weighted by molar-refractivity contribution is 5.95. The van der Waals surface area contributed by atoms with Crippen molar-refractivity contribution in [2.24, 2.45) is 0 Å². The Morgan fingerprint density at radius 2 is 2.11 bits per heavy atom. The molecule has 104 valence electrons. The lowest BCUT2D eigenvalue weighted by molar-refractivity contribution is -0.384. The van der Waals surface area contributed by atoms with Gasteiger partial charge in [0.15, 0.2) is 0 Å². The van der Waals surface area contributed by atoms with Crippen LogP contribution in [0.15, 0.2) is 18.2 Å². The molecular formula is C13H19N3O3. The lowest BCUT2D eigenvalue weighted by Crippen LogP contribution is -2.31. The van der Waals surface area contributed by atoms with Crippen LogP contribution < -0.4 is 10.6 Å². The fourth-order valence-corrected chi connectivity index (χ4v) is 1.57. The summed E-state index contributed by atoms with van der Waals surface area (Å²) in [6.45, 7) is 6.29. The van der Waals surface area contributed by atoms with Gasteiger partial charge in [0.2, 0.25) is 0 Å². The van der Waals surface area contributed by atoms with Crippen LogP contribution in [0.25, 0.3) is 0 Å². The normalized spacial score (nSPS) is 11.7. The predicted octanol–water partition coefficient (Wildman–Crippen LogP) is 2.55. The molecule has 1 aromatic rings. The van der Waals surface area contributed by atoms with Crippen LogP contribution in [0.2, 0.25) is 0 Å². The summed E-state index contributed by atoms with van der Waals surface area (Å²) in [6, 6.07) is 4.49. The van der Waals surface area contributed by atoms with E-state index in [4.69, 9.17) is 0 Å². The Balaban J connectivity index is 3.01. The number of nitro groups is 1. The van der Waals surface area contributed by atoms with Crippen molar-refractivity contribution in [2.45, 2.75) is 33.2 Å². The average Bonchev–Trinajstić information content (AvgIpc) is 2.38. The van der Waals surface area contributed by atoms with Gasteiger partial charge in [-0.25, -0.2) is 0 Å². The van der Waals surface area contributed by atoms with E-state index in [2.05, 4.69) is 10.6 Å². The Morgan fingerprint density at radius 3 is 2.63 bits per heavy atom. The summed E-state index contributed by atoms with van der Waals surface area (Å²) in [5.41, 5.74) is 0.639. The van der Waals surface area contributed by atoms with Crippen molar-refractivity contribution in [1.82, 2.24) is 5.32 Å². The van der Waals surface area contributed by atoms with E-state index in [0.717, 1.165) is 6.42 Å². The number of nitrogens with zero attached hydrogens (tertiary/aromatic N) is 1. The van der Waals surface area contributed by atoms with E-state index in [1.807, 2.05) is 20.8 Å². The van der Waals surface area contributed by atoms with E-state index in [9.17, 15) is 14.9 Å². The summed E-state index contributed by atoms with van der Waals surface area (Å²) in [6.07, 6.45) is 0.809. The number of hydrogen-bond acceptors (Lipinski definition) is 4. The van der Waals surface area contributed by atoms with Crippen LogP contribution >= 0.6 is 0 Å². The molecule has 1 atom stereocenters. The van der Waals surface area contributed by atoms with E-state index < -0.39 is 4.92 Å². The minimum absolute atomic E-state index is 0.0417. The number of carbonyl (C=O) groups is 1. The van der Waals surface area contributed by atoms with Gasteiger partial charge in [0.1, 0.15) is 5.69 Å². The molecular weight excluding hydrogens is 246 g/mol. The zero-order valence-corrected chi connectivity index (χ0v) is 11.4. The first-order valence-electron chi connectivity index (χ1n) is 6.32. The highest BCUT2D eigenvalue weighted by Gasteiger charge is 2.17. The van der Waals surface area contributed by atoms with Gasteiger partial charge in [-0.2, -0.15) is 0 Å². The molecule has 0 heterocycles. The maximum atomic E-state index is 11.9. The third-order valence-corrected chi connectivity index (χ3v) is 2.81. The molecule has 0 aliphatic rings. The van der Waals surface area contributed by atoms with E-state index in [1.54, 1.807) is 12.1 Å². The topological polar surface area (TPSA) is 84.3 Å². The van der Waals surface area contributed by atoms with Gasteiger partial charge in [-0.1, -0.05) is 6.92 Å². The first kappa shape index (κ1) is 14.9. The molecule has 0 bridgehead atoms. The van der Waals surface area contributed by atoms with Crippen molar-refractivity contribution in [3.63, 3.8) is 0 Å². The zero-order valence-electron chi connectivity index (χ0n) is 11.4. The Labute approximate surface area is 112 Å². The van der Waals surface area contributed by atoms with Gasteiger partial charge in [0.05, 0.1) is 4.92 Å². The molecule has 0 spiro atoms. The largest absolute Gasteiger partial charge is 0.380 e. The zero-order chi connectivity index (χ0) is 14.4. The summed E-state index contributed by atoms with van der Waals surface area (Å²) >= 11 is 0. The van der Waals surface area contributed by atoms with E-state index >= 15 is 0 Å². The third-order valence-electron chi connectivity index (χ3n) is 2.81. The molecule has 0 aromatic heterocycles. The van der Waals surface area contributed by atoms with E-state index in [0.29, 0.717) is 17.8 Å². The number of nitrogens with one attached hydrogen (secondary N) is 2. The van der Waals surface area contributed by atoms with Gasteiger partial charge in [-0.3, -0.25) is 14.9 Å². The fourth-order valence-electron chi connectivity index (χ4n) is 1.57. The average molecular weight is 265 g/mol. The number of amides is 1. The highest BCUT2D eigenvalue weighted by atomic mass is 16.6. The van der Waals surface area contributed by atoms with Crippen LogP contribution in [0.3, 0.4) is 0 Å². The van der Waals surface area contributed by atoms with Gasteiger partial charge in [0, 0.05) is 24.2 Å². The molecule has 0 radical (unpaired) electrons. The van der Waals surface area contributed by atoms with Gasteiger partial charge in [-0.05, 0) is 32.4 Å². The molecule has 6 nitrogen and oxygen atoms in total. The number of carbonyl (C=O) groups excluding carboxylic acids is 1. The van der Waals surface area contributed by atoms with Crippen LogP contribution in [0.1, 0.15) is 37.6 Å². The number of rotatable bonds is 6. The second-order valence-electron chi connectivity index (χ2n) is 4.30. The number of benzene rings is 1. The molecule has 0 aliphatic heterocycles. The highest BCUT2D eigenvalue weighted by Crippen LogP contribution is 2.25. The van der Waals surface area contributed by atoms with Crippen LogP contribution in [-0.2, 0) is 0 Å². The number of nitro benzene ring substituents is 1. The van der Waals surface area contributed by atoms with E-state index in [-0.39, 0.29) is 17.6 Å². The number of hydrogen-bond donors (Lipinski definition) is 2. The maximum Gasteiger partial charge on any atom is 0.293 e. The Kier molecular flexibility index (Phi) is 5.29. The minimum Gasteiger partial charge on any atom is -0.380 e. The maximum absolute atomic E-state index is 11.9. The molecule has 0 fully saturated rings. The van der Waals surface area contributed by atoms with Gasteiger partial charge in [0.25, 0.3) is 11.6 Å². The van der Waals surface area contributed by atoms with E-state index in [1.165, 1.54) is 6.07 Å². The first-order chi connectivity index (χ1) is 8.99. The molecule has 1 amide bonds. The molecule has 6 heteroatoms. The molecule has 0 saturated heterocycles. The summed E-state index contributed by atoms with van der Waals surface area (Å²) in [5.74, 6) is -0.291. The van der Waals surface area contributed by atoms with Crippen LogP contribution in [0.4, 0.5) is 11.4 Å². The Bertz CT molecular complexity index is 474. The van der Waals surface area contributed by atoms with Crippen molar-refractivity contribution in [2.75, 3.05) is 11.9 Å². The summed E-state index contributed by atoms with van der Waals surface area (Å²) in [4.78, 5) is 22.4. The predicted molar refractivity (Wildman–Crippen MR) is 74.5 cm³/mol. The van der Waals surface area contributed by atoms with Crippen molar-refractivity contribution in [1.29, 1.82) is 0 Å². The SMILES string of the molecule is CCNc1ccc(C(=O)N[C@@H](C)CC)cc1[N+](=O)[O-]. The molecule has 1 aromatic carbocycles. The summed E-state index contributed by atoms with van der Waals surface area (Å²) in [7, 11) is 0. The fraction of sp³-hybridized carbons (Fsp3) is 0.462. The van der Waals surface area contributed by atoms with Crippen molar-refractivity contribution in [3.05, 3.63) is 33.9 Å². The van der Waals surface area contributed by atoms with Crippen molar-refractivity contribution in [3.8, 4) is 0 Å².